The van der Waals surface area contributed by atoms with Crippen molar-refractivity contribution in [1.82, 2.24) is 0 Å². The summed E-state index contributed by atoms with van der Waals surface area (Å²) in [7, 11) is 0. The van der Waals surface area contributed by atoms with E-state index in [-0.39, 0.29) is 12.2 Å². The Labute approximate surface area is 114 Å². The van der Waals surface area contributed by atoms with Crippen molar-refractivity contribution in [2.45, 2.75) is 25.6 Å². The highest BCUT2D eigenvalue weighted by Crippen LogP contribution is 2.35. The van der Waals surface area contributed by atoms with E-state index in [1.54, 1.807) is 0 Å². The van der Waals surface area contributed by atoms with Crippen LogP contribution in [0.1, 0.15) is 30.6 Å². The Morgan fingerprint density at radius 2 is 1.53 bits per heavy atom. The molecular weight excluding hydrogens is 232 g/mol. The second-order valence-corrected chi connectivity index (χ2v) is 5.00. The molecule has 96 valence electrons. The smallest absolute Gasteiger partial charge is 0.0873 e. The molecule has 0 saturated carbocycles. The fourth-order valence-electron chi connectivity index (χ4n) is 2.63. The van der Waals surface area contributed by atoms with Crippen molar-refractivity contribution in [3.05, 3.63) is 77.9 Å². The summed E-state index contributed by atoms with van der Waals surface area (Å²) in [4.78, 5) is 0. The van der Waals surface area contributed by atoms with Gasteiger partial charge in [-0.3, -0.25) is 0 Å². The molecule has 2 atom stereocenters. The quantitative estimate of drug-likeness (QED) is 0.755. The van der Waals surface area contributed by atoms with E-state index in [2.05, 4.69) is 67.6 Å². The molecule has 1 nitrogen and oxygen atoms in total. The molecule has 0 saturated heterocycles. The Bertz CT molecular complexity index is 557. The largest absolute Gasteiger partial charge is 0.366 e. The molecular formula is C18H18O. The summed E-state index contributed by atoms with van der Waals surface area (Å²) in [6, 6.07) is 21.1. The molecule has 0 N–H and O–H groups in total. The molecule has 2 unspecified atom stereocenters. The summed E-state index contributed by atoms with van der Waals surface area (Å²) in [5.74, 6) is 0. The third-order valence-electron chi connectivity index (χ3n) is 3.54. The first-order chi connectivity index (χ1) is 9.33. The third-order valence-corrected chi connectivity index (χ3v) is 3.54. The van der Waals surface area contributed by atoms with Crippen molar-refractivity contribution in [1.29, 1.82) is 0 Å². The molecule has 2 aromatic rings. The molecule has 0 fully saturated rings. The molecule has 1 aliphatic heterocycles. The normalized spacial score (nSPS) is 22.9. The van der Waals surface area contributed by atoms with E-state index in [0.717, 1.165) is 6.42 Å². The molecule has 1 heterocycles. The molecule has 0 aliphatic carbocycles. The number of hydrogen-bond donors (Lipinski definition) is 0. The maximum atomic E-state index is 6.05. The van der Waals surface area contributed by atoms with Gasteiger partial charge in [-0.1, -0.05) is 66.7 Å². The van der Waals surface area contributed by atoms with E-state index in [0.29, 0.717) is 0 Å². The fourth-order valence-corrected chi connectivity index (χ4v) is 2.63. The zero-order valence-electron chi connectivity index (χ0n) is 11.1. The van der Waals surface area contributed by atoms with E-state index in [9.17, 15) is 0 Å². The number of hydrogen-bond acceptors (Lipinski definition) is 1. The van der Waals surface area contributed by atoms with Gasteiger partial charge in [0.25, 0.3) is 0 Å². The zero-order valence-corrected chi connectivity index (χ0v) is 11.1. The van der Waals surface area contributed by atoms with Crippen LogP contribution in [0.4, 0.5) is 0 Å². The predicted octanol–water partition coefficient (Wildman–Crippen LogP) is 4.62. The van der Waals surface area contributed by atoms with E-state index >= 15 is 0 Å². The van der Waals surface area contributed by atoms with Crippen LogP contribution in [-0.4, -0.2) is 6.10 Å². The van der Waals surface area contributed by atoms with E-state index in [1.165, 1.54) is 16.7 Å². The molecule has 0 radical (unpaired) electrons. The van der Waals surface area contributed by atoms with Gasteiger partial charge in [0, 0.05) is 6.42 Å². The van der Waals surface area contributed by atoms with Gasteiger partial charge >= 0.3 is 0 Å². The van der Waals surface area contributed by atoms with Crippen molar-refractivity contribution >= 4 is 5.57 Å². The Morgan fingerprint density at radius 3 is 2.21 bits per heavy atom. The predicted molar refractivity (Wildman–Crippen MR) is 78.8 cm³/mol. The molecule has 19 heavy (non-hydrogen) atoms. The monoisotopic (exact) mass is 250 g/mol. The molecule has 0 bridgehead atoms. The Morgan fingerprint density at radius 1 is 0.895 bits per heavy atom. The Balaban J connectivity index is 1.88. The standard InChI is InChI=1S/C18H18O/c1-14-12-17(15-8-4-2-5-9-15)13-18(19-14)16-10-6-3-7-11-16/h2-12,14,18H,13H2,1H3. The molecule has 1 aliphatic rings. The van der Waals surface area contributed by atoms with Crippen LogP contribution < -0.4 is 0 Å². The summed E-state index contributed by atoms with van der Waals surface area (Å²) in [6.45, 7) is 2.11. The van der Waals surface area contributed by atoms with Crippen LogP contribution in [0, 0.1) is 0 Å². The first kappa shape index (κ1) is 12.2. The van der Waals surface area contributed by atoms with E-state index in [4.69, 9.17) is 4.74 Å². The zero-order chi connectivity index (χ0) is 13.1. The van der Waals surface area contributed by atoms with Crippen LogP contribution in [0.25, 0.3) is 5.57 Å². The lowest BCUT2D eigenvalue weighted by atomic mass is 9.93. The van der Waals surface area contributed by atoms with Gasteiger partial charge in [0.1, 0.15) is 0 Å². The van der Waals surface area contributed by atoms with Crippen LogP contribution >= 0.6 is 0 Å². The highest BCUT2D eigenvalue weighted by atomic mass is 16.5. The van der Waals surface area contributed by atoms with Gasteiger partial charge < -0.3 is 4.74 Å². The van der Waals surface area contributed by atoms with Crippen molar-refractivity contribution in [2.75, 3.05) is 0 Å². The maximum absolute atomic E-state index is 6.05. The lowest BCUT2D eigenvalue weighted by Gasteiger charge is -2.28. The summed E-state index contributed by atoms with van der Waals surface area (Å²) in [5.41, 5.74) is 3.95. The molecule has 0 aromatic heterocycles. The second kappa shape index (κ2) is 5.41. The average Bonchev–Trinajstić information content (AvgIpc) is 2.48. The van der Waals surface area contributed by atoms with Crippen molar-refractivity contribution in [3.8, 4) is 0 Å². The van der Waals surface area contributed by atoms with E-state index < -0.39 is 0 Å². The minimum atomic E-state index is 0.161. The summed E-state index contributed by atoms with van der Waals surface area (Å²) in [5, 5.41) is 0. The average molecular weight is 250 g/mol. The van der Waals surface area contributed by atoms with Crippen molar-refractivity contribution < 1.29 is 4.74 Å². The highest BCUT2D eigenvalue weighted by Gasteiger charge is 2.22. The van der Waals surface area contributed by atoms with Gasteiger partial charge in [-0.25, -0.2) is 0 Å². The number of ether oxygens (including phenoxy) is 1. The lowest BCUT2D eigenvalue weighted by molar-refractivity contribution is 0.0174. The molecule has 1 heteroatoms. The van der Waals surface area contributed by atoms with Gasteiger partial charge in [-0.05, 0) is 23.6 Å². The Hall–Kier alpha value is -1.86. The lowest BCUT2D eigenvalue weighted by Crippen LogP contribution is -2.17. The summed E-state index contributed by atoms with van der Waals surface area (Å²) >= 11 is 0. The molecule has 0 amide bonds. The molecule has 2 aromatic carbocycles. The fraction of sp³-hybridized carbons (Fsp3) is 0.222. The molecule has 3 rings (SSSR count). The van der Waals surface area contributed by atoms with Gasteiger partial charge in [-0.15, -0.1) is 0 Å². The number of benzene rings is 2. The highest BCUT2D eigenvalue weighted by molar-refractivity contribution is 5.67. The first-order valence-corrected chi connectivity index (χ1v) is 6.79. The van der Waals surface area contributed by atoms with Gasteiger partial charge in [0.2, 0.25) is 0 Å². The third kappa shape index (κ3) is 2.77. The molecule has 0 spiro atoms. The minimum Gasteiger partial charge on any atom is -0.366 e. The first-order valence-electron chi connectivity index (χ1n) is 6.79. The topological polar surface area (TPSA) is 9.23 Å². The number of rotatable bonds is 2. The summed E-state index contributed by atoms with van der Waals surface area (Å²) in [6.07, 6.45) is 3.50. The van der Waals surface area contributed by atoms with Gasteiger partial charge in [0.15, 0.2) is 0 Å². The SMILES string of the molecule is CC1C=C(c2ccccc2)CC(c2ccccc2)O1. The Kier molecular flexibility index (Phi) is 3.47. The van der Waals surface area contributed by atoms with Crippen molar-refractivity contribution in [3.63, 3.8) is 0 Å². The van der Waals surface area contributed by atoms with Crippen LogP contribution in [-0.2, 0) is 4.74 Å². The van der Waals surface area contributed by atoms with Crippen LogP contribution in [0.3, 0.4) is 0 Å². The van der Waals surface area contributed by atoms with E-state index in [1.807, 2.05) is 6.07 Å². The van der Waals surface area contributed by atoms with Crippen LogP contribution in [0.15, 0.2) is 66.7 Å². The van der Waals surface area contributed by atoms with Crippen molar-refractivity contribution in [2.24, 2.45) is 0 Å². The maximum Gasteiger partial charge on any atom is 0.0873 e. The van der Waals surface area contributed by atoms with Crippen LogP contribution in [0.5, 0.6) is 0 Å². The second-order valence-electron chi connectivity index (χ2n) is 5.00. The minimum absolute atomic E-state index is 0.161. The van der Waals surface area contributed by atoms with Crippen LogP contribution in [0.2, 0.25) is 0 Å². The van der Waals surface area contributed by atoms with Gasteiger partial charge in [-0.2, -0.15) is 0 Å². The summed E-state index contributed by atoms with van der Waals surface area (Å²) < 4.78 is 6.05. The van der Waals surface area contributed by atoms with Gasteiger partial charge in [0.05, 0.1) is 12.2 Å².